The van der Waals surface area contributed by atoms with E-state index < -0.39 is 6.10 Å². The van der Waals surface area contributed by atoms with E-state index in [1.807, 2.05) is 31.2 Å². The maximum atomic E-state index is 12.6. The van der Waals surface area contributed by atoms with Gasteiger partial charge in [0, 0.05) is 6.54 Å². The van der Waals surface area contributed by atoms with Crippen LogP contribution in [-0.2, 0) is 9.59 Å². The quantitative estimate of drug-likeness (QED) is 0.808. The van der Waals surface area contributed by atoms with Crippen molar-refractivity contribution in [3.63, 3.8) is 0 Å². The summed E-state index contributed by atoms with van der Waals surface area (Å²) >= 11 is 0. The number of nitrogens with one attached hydrogen (secondary N) is 1. The van der Waals surface area contributed by atoms with Crippen LogP contribution in [0, 0.1) is 0 Å². The average Bonchev–Trinajstić information content (AvgIpc) is 2.64. The maximum Gasteiger partial charge on any atom is 0.268 e. The van der Waals surface area contributed by atoms with Gasteiger partial charge < -0.3 is 10.1 Å². The van der Waals surface area contributed by atoms with Crippen LogP contribution in [0.1, 0.15) is 45.4 Å². The van der Waals surface area contributed by atoms with Crippen LogP contribution in [0.2, 0.25) is 0 Å². The fraction of sp³-hybridized carbons (Fsp3) is 0.500. The lowest BCUT2D eigenvalue weighted by Gasteiger charge is -2.33. The Balaban J connectivity index is 1.59. The highest BCUT2D eigenvalue weighted by molar-refractivity contribution is 6.03. The fourth-order valence-electron chi connectivity index (χ4n) is 3.39. The summed E-state index contributed by atoms with van der Waals surface area (Å²) in [6.45, 7) is 2.57. The van der Waals surface area contributed by atoms with Crippen molar-refractivity contribution in [1.82, 2.24) is 5.32 Å². The number of rotatable bonds is 6. The number of hydrogen-bond donors (Lipinski definition) is 1. The van der Waals surface area contributed by atoms with Crippen molar-refractivity contribution in [2.45, 2.75) is 51.6 Å². The molecule has 0 bridgehead atoms. The van der Waals surface area contributed by atoms with Crippen molar-refractivity contribution in [3.8, 4) is 5.75 Å². The smallest absolute Gasteiger partial charge is 0.268 e. The Labute approximate surface area is 149 Å². The van der Waals surface area contributed by atoms with Crippen LogP contribution >= 0.6 is 0 Å². The van der Waals surface area contributed by atoms with Gasteiger partial charge in [0.15, 0.2) is 6.10 Å². The summed E-state index contributed by atoms with van der Waals surface area (Å²) < 4.78 is 5.74. The molecule has 1 unspecified atom stereocenters. The average molecular weight is 342 g/mol. The number of anilines is 1. The first-order valence-corrected chi connectivity index (χ1v) is 9.20. The Hall–Kier alpha value is -2.30. The van der Waals surface area contributed by atoms with Gasteiger partial charge >= 0.3 is 0 Å². The summed E-state index contributed by atoms with van der Waals surface area (Å²) in [4.78, 5) is 26.5. The minimum absolute atomic E-state index is 0.0365. The van der Waals surface area contributed by atoms with Crippen molar-refractivity contribution in [1.29, 1.82) is 0 Å². The second kappa shape index (κ2) is 8.19. The van der Waals surface area contributed by atoms with Gasteiger partial charge in [-0.1, -0.05) is 30.7 Å². The van der Waals surface area contributed by atoms with Crippen LogP contribution in [0.5, 0.6) is 5.75 Å². The molecule has 1 heterocycles. The molecule has 2 aliphatic rings. The zero-order chi connectivity index (χ0) is 17.6. The molecule has 5 heteroatoms. The third-order valence-electron chi connectivity index (χ3n) is 4.79. The van der Waals surface area contributed by atoms with E-state index in [1.54, 1.807) is 4.90 Å². The summed E-state index contributed by atoms with van der Waals surface area (Å²) in [5.41, 5.74) is 2.10. The lowest BCUT2D eigenvalue weighted by atomic mass is 9.97. The van der Waals surface area contributed by atoms with Crippen molar-refractivity contribution in [3.05, 3.63) is 35.9 Å². The molecule has 0 saturated heterocycles. The first-order valence-electron chi connectivity index (χ1n) is 9.20. The van der Waals surface area contributed by atoms with Crippen LogP contribution < -0.4 is 15.0 Å². The van der Waals surface area contributed by atoms with Gasteiger partial charge in [0.1, 0.15) is 12.3 Å². The minimum Gasteiger partial charge on any atom is -0.478 e. The molecule has 1 aliphatic heterocycles. The minimum atomic E-state index is -0.518. The molecule has 1 aromatic carbocycles. The molecule has 134 valence electrons. The number of ether oxygens (including phenoxy) is 1. The van der Waals surface area contributed by atoms with Gasteiger partial charge in [-0.05, 0) is 50.7 Å². The molecule has 0 saturated carbocycles. The summed E-state index contributed by atoms with van der Waals surface area (Å²) in [7, 11) is 0. The van der Waals surface area contributed by atoms with E-state index in [4.69, 9.17) is 4.74 Å². The number of benzene rings is 1. The summed E-state index contributed by atoms with van der Waals surface area (Å²) in [6.07, 6.45) is 8.07. The number of allylic oxidation sites excluding steroid dienone is 1. The van der Waals surface area contributed by atoms with Crippen LogP contribution in [-0.4, -0.2) is 31.0 Å². The van der Waals surface area contributed by atoms with E-state index >= 15 is 0 Å². The standard InChI is InChI=1S/C20H26N2O3/c1-2-17-20(24)22(16-10-6-7-11-18(16)25-17)14-19(23)21-13-12-15-8-4-3-5-9-15/h6-8,10-11,17H,2-5,9,12-14H2,1H3,(H,21,23). The highest BCUT2D eigenvalue weighted by Crippen LogP contribution is 2.34. The van der Waals surface area contributed by atoms with E-state index in [0.717, 1.165) is 19.3 Å². The predicted octanol–water partition coefficient (Wildman–Crippen LogP) is 3.20. The zero-order valence-corrected chi connectivity index (χ0v) is 14.8. The van der Waals surface area contributed by atoms with E-state index in [2.05, 4.69) is 11.4 Å². The topological polar surface area (TPSA) is 58.6 Å². The number of carbonyl (C=O) groups is 2. The molecule has 0 spiro atoms. The summed E-state index contributed by atoms with van der Waals surface area (Å²) in [5.74, 6) is 0.386. The van der Waals surface area contributed by atoms with E-state index in [9.17, 15) is 9.59 Å². The zero-order valence-electron chi connectivity index (χ0n) is 14.8. The Morgan fingerprint density at radius 3 is 2.92 bits per heavy atom. The van der Waals surface area contributed by atoms with Gasteiger partial charge in [0.2, 0.25) is 5.91 Å². The lowest BCUT2D eigenvalue weighted by molar-refractivity contribution is -0.129. The van der Waals surface area contributed by atoms with Crippen molar-refractivity contribution < 1.29 is 14.3 Å². The number of para-hydroxylation sites is 2. The summed E-state index contributed by atoms with van der Waals surface area (Å²) in [5, 5.41) is 2.95. The number of hydrogen-bond acceptors (Lipinski definition) is 3. The van der Waals surface area contributed by atoms with Gasteiger partial charge in [-0.3, -0.25) is 14.5 Å². The predicted molar refractivity (Wildman–Crippen MR) is 97.7 cm³/mol. The van der Waals surface area contributed by atoms with Gasteiger partial charge in [0.25, 0.3) is 5.91 Å². The number of amides is 2. The summed E-state index contributed by atoms with van der Waals surface area (Å²) in [6, 6.07) is 7.38. The number of carbonyl (C=O) groups excluding carboxylic acids is 2. The highest BCUT2D eigenvalue weighted by Gasteiger charge is 2.34. The third kappa shape index (κ3) is 4.21. The molecular formula is C20H26N2O3. The van der Waals surface area contributed by atoms with Crippen LogP contribution in [0.4, 0.5) is 5.69 Å². The first kappa shape index (κ1) is 17.5. The molecule has 1 N–H and O–H groups in total. The van der Waals surface area contributed by atoms with Crippen molar-refractivity contribution in [2.75, 3.05) is 18.0 Å². The Morgan fingerprint density at radius 1 is 1.32 bits per heavy atom. The Kier molecular flexibility index (Phi) is 5.74. The van der Waals surface area contributed by atoms with Crippen molar-refractivity contribution in [2.24, 2.45) is 0 Å². The second-order valence-corrected chi connectivity index (χ2v) is 6.61. The normalized spacial score (nSPS) is 19.7. The van der Waals surface area contributed by atoms with E-state index in [0.29, 0.717) is 24.4 Å². The first-order chi connectivity index (χ1) is 12.2. The molecule has 0 radical (unpaired) electrons. The second-order valence-electron chi connectivity index (χ2n) is 6.61. The number of fused-ring (bicyclic) bond motifs is 1. The van der Waals surface area contributed by atoms with Crippen LogP contribution in [0.15, 0.2) is 35.9 Å². The molecule has 0 fully saturated rings. The van der Waals surface area contributed by atoms with Crippen LogP contribution in [0.3, 0.4) is 0 Å². The van der Waals surface area contributed by atoms with Gasteiger partial charge in [-0.25, -0.2) is 0 Å². The monoisotopic (exact) mass is 342 g/mol. The van der Waals surface area contributed by atoms with Gasteiger partial charge in [-0.15, -0.1) is 0 Å². The SMILES string of the molecule is CCC1Oc2ccccc2N(CC(=O)NCCC2=CCCCC2)C1=O. The molecule has 2 amide bonds. The lowest BCUT2D eigenvalue weighted by Crippen LogP contribution is -2.49. The molecule has 0 aromatic heterocycles. The van der Waals surface area contributed by atoms with Gasteiger partial charge in [-0.2, -0.15) is 0 Å². The molecular weight excluding hydrogens is 316 g/mol. The van der Waals surface area contributed by atoms with Gasteiger partial charge in [0.05, 0.1) is 5.69 Å². The maximum absolute atomic E-state index is 12.6. The third-order valence-corrected chi connectivity index (χ3v) is 4.79. The largest absolute Gasteiger partial charge is 0.478 e. The molecule has 3 rings (SSSR count). The molecule has 1 aromatic rings. The molecule has 5 nitrogen and oxygen atoms in total. The van der Waals surface area contributed by atoms with Crippen LogP contribution in [0.25, 0.3) is 0 Å². The Morgan fingerprint density at radius 2 is 2.16 bits per heavy atom. The fourth-order valence-corrected chi connectivity index (χ4v) is 3.39. The van der Waals surface area contributed by atoms with Crippen molar-refractivity contribution >= 4 is 17.5 Å². The molecule has 25 heavy (non-hydrogen) atoms. The number of nitrogens with zero attached hydrogens (tertiary/aromatic N) is 1. The molecule has 1 aliphatic carbocycles. The molecule has 1 atom stereocenters. The highest BCUT2D eigenvalue weighted by atomic mass is 16.5. The van der Waals surface area contributed by atoms with E-state index in [-0.39, 0.29) is 18.4 Å². The Bertz CT molecular complexity index is 669. The van der Waals surface area contributed by atoms with E-state index in [1.165, 1.54) is 18.4 Å².